The van der Waals surface area contributed by atoms with Crippen LogP contribution in [0.2, 0.25) is 0 Å². The van der Waals surface area contributed by atoms with Crippen LogP contribution in [-0.4, -0.2) is 49.4 Å². The molecule has 0 aromatic carbocycles. The lowest BCUT2D eigenvalue weighted by Crippen LogP contribution is -2.55. The maximum atomic E-state index is 12.7. The van der Waals surface area contributed by atoms with Crippen molar-refractivity contribution >= 4 is 12.1 Å². The molecule has 2 fully saturated rings. The molecule has 18 heavy (non-hydrogen) atoms. The summed E-state index contributed by atoms with van der Waals surface area (Å²) in [5.74, 6) is -0.183. The van der Waals surface area contributed by atoms with Crippen molar-refractivity contribution in [3.63, 3.8) is 0 Å². The normalized spacial score (nSPS) is 28.9. The molecule has 2 aliphatic rings. The molecule has 0 spiro atoms. The van der Waals surface area contributed by atoms with Gasteiger partial charge in [0, 0.05) is 18.8 Å². The van der Waals surface area contributed by atoms with Crippen molar-refractivity contribution in [3.05, 3.63) is 11.5 Å². The molecule has 1 aliphatic carbocycles. The van der Waals surface area contributed by atoms with Gasteiger partial charge in [-0.05, 0) is 13.3 Å². The number of ether oxygens (including phenoxy) is 1. The second-order valence-corrected chi connectivity index (χ2v) is 4.78. The number of amides is 1. The average molecular weight is 255 g/mol. The monoisotopic (exact) mass is 255 g/mol. The van der Waals surface area contributed by atoms with Crippen molar-refractivity contribution in [2.24, 2.45) is 16.6 Å². The Hall–Kier alpha value is -1.59. The molecule has 6 heteroatoms. The quantitative estimate of drug-likeness (QED) is 0.586. The van der Waals surface area contributed by atoms with E-state index >= 15 is 0 Å². The number of aliphatic imine (C=N–C) groups is 1. The average Bonchev–Trinajstić information content (AvgIpc) is 2.99. The molecule has 100 valence electrons. The standard InChI is InChI=1S/C12H18FN3O2/c1-7(4-15-2)11(14)18-8-5-16(6-8)12(17)9-3-10(9)13/h4,8-10H,3,5-6,14H2,1-2H3/t9-,10+/m1/s1. The molecule has 0 radical (unpaired) electrons. The van der Waals surface area contributed by atoms with Crippen LogP contribution in [0, 0.1) is 5.92 Å². The third-order valence-electron chi connectivity index (χ3n) is 3.19. The molecule has 1 saturated carbocycles. The molecule has 0 aromatic heterocycles. The highest BCUT2D eigenvalue weighted by molar-refractivity contribution is 5.83. The number of nitrogens with two attached hydrogens (primary N) is 1. The molecule has 1 aliphatic heterocycles. The minimum Gasteiger partial charge on any atom is -0.472 e. The van der Waals surface area contributed by atoms with E-state index in [2.05, 4.69) is 4.99 Å². The molecule has 1 heterocycles. The third kappa shape index (κ3) is 2.63. The summed E-state index contributed by atoms with van der Waals surface area (Å²) >= 11 is 0. The van der Waals surface area contributed by atoms with Gasteiger partial charge in [0.15, 0.2) is 5.88 Å². The number of alkyl halides is 1. The molecule has 2 N–H and O–H groups in total. The number of carbonyl (C=O) groups excluding carboxylic acids is 1. The Labute approximate surface area is 105 Å². The maximum absolute atomic E-state index is 12.7. The highest BCUT2D eigenvalue weighted by Crippen LogP contribution is 2.36. The van der Waals surface area contributed by atoms with Gasteiger partial charge in [-0.3, -0.25) is 9.79 Å². The van der Waals surface area contributed by atoms with Gasteiger partial charge in [0.1, 0.15) is 12.3 Å². The van der Waals surface area contributed by atoms with Crippen LogP contribution >= 0.6 is 0 Å². The summed E-state index contributed by atoms with van der Waals surface area (Å²) in [6.07, 6.45) is 0.959. The summed E-state index contributed by atoms with van der Waals surface area (Å²) in [7, 11) is 1.66. The van der Waals surface area contributed by atoms with Crippen LogP contribution in [0.3, 0.4) is 0 Å². The molecule has 0 aromatic rings. The van der Waals surface area contributed by atoms with Crippen LogP contribution in [0.25, 0.3) is 0 Å². The first-order chi connectivity index (χ1) is 8.52. The van der Waals surface area contributed by atoms with E-state index in [4.69, 9.17) is 10.5 Å². The first kappa shape index (κ1) is 12.9. The Morgan fingerprint density at radius 1 is 1.56 bits per heavy atom. The number of rotatable bonds is 4. The van der Waals surface area contributed by atoms with Gasteiger partial charge in [-0.25, -0.2) is 4.39 Å². The lowest BCUT2D eigenvalue weighted by molar-refractivity contribution is -0.144. The van der Waals surface area contributed by atoms with E-state index < -0.39 is 12.1 Å². The van der Waals surface area contributed by atoms with Gasteiger partial charge in [0.25, 0.3) is 0 Å². The number of halogens is 1. The molecule has 5 nitrogen and oxygen atoms in total. The number of carbonyl (C=O) groups is 1. The molecule has 2 atom stereocenters. The second-order valence-electron chi connectivity index (χ2n) is 4.78. The Morgan fingerprint density at radius 2 is 2.17 bits per heavy atom. The third-order valence-corrected chi connectivity index (χ3v) is 3.19. The fourth-order valence-corrected chi connectivity index (χ4v) is 1.88. The van der Waals surface area contributed by atoms with Crippen molar-refractivity contribution in [3.8, 4) is 0 Å². The lowest BCUT2D eigenvalue weighted by atomic mass is 10.1. The van der Waals surface area contributed by atoms with E-state index in [-0.39, 0.29) is 12.0 Å². The summed E-state index contributed by atoms with van der Waals surface area (Å²) < 4.78 is 18.2. The van der Waals surface area contributed by atoms with Gasteiger partial charge < -0.3 is 15.4 Å². The summed E-state index contributed by atoms with van der Waals surface area (Å²) in [5.41, 5.74) is 6.49. The summed E-state index contributed by atoms with van der Waals surface area (Å²) in [6.45, 7) is 2.78. The van der Waals surface area contributed by atoms with E-state index in [1.807, 2.05) is 6.92 Å². The Balaban J connectivity index is 1.76. The molecule has 1 saturated heterocycles. The van der Waals surface area contributed by atoms with Crippen molar-refractivity contribution < 1.29 is 13.9 Å². The van der Waals surface area contributed by atoms with Gasteiger partial charge in [0.05, 0.1) is 19.0 Å². The Bertz CT molecular complexity index is 402. The minimum absolute atomic E-state index is 0.0917. The highest BCUT2D eigenvalue weighted by atomic mass is 19.1. The van der Waals surface area contributed by atoms with Crippen molar-refractivity contribution in [1.29, 1.82) is 0 Å². The van der Waals surface area contributed by atoms with Gasteiger partial charge in [-0.2, -0.15) is 0 Å². The van der Waals surface area contributed by atoms with Crippen molar-refractivity contribution in [1.82, 2.24) is 4.90 Å². The summed E-state index contributed by atoms with van der Waals surface area (Å²) in [4.78, 5) is 17.1. The number of likely N-dealkylation sites (tertiary alicyclic amines) is 1. The zero-order valence-corrected chi connectivity index (χ0v) is 10.6. The maximum Gasteiger partial charge on any atom is 0.228 e. The van der Waals surface area contributed by atoms with Crippen LogP contribution in [0.15, 0.2) is 16.4 Å². The van der Waals surface area contributed by atoms with Crippen LogP contribution in [-0.2, 0) is 9.53 Å². The van der Waals surface area contributed by atoms with E-state index in [1.54, 1.807) is 18.2 Å². The predicted molar refractivity (Wildman–Crippen MR) is 65.8 cm³/mol. The Kier molecular flexibility index (Phi) is 3.54. The molecule has 0 unspecified atom stereocenters. The van der Waals surface area contributed by atoms with Gasteiger partial charge in [-0.15, -0.1) is 0 Å². The van der Waals surface area contributed by atoms with E-state index in [1.165, 1.54) is 0 Å². The van der Waals surface area contributed by atoms with Gasteiger partial charge >= 0.3 is 0 Å². The van der Waals surface area contributed by atoms with Crippen molar-refractivity contribution in [2.45, 2.75) is 25.6 Å². The summed E-state index contributed by atoms with van der Waals surface area (Å²) in [6, 6.07) is 0. The van der Waals surface area contributed by atoms with Crippen LogP contribution in [0.1, 0.15) is 13.3 Å². The van der Waals surface area contributed by atoms with Crippen LogP contribution in [0.5, 0.6) is 0 Å². The summed E-state index contributed by atoms with van der Waals surface area (Å²) in [5, 5.41) is 0. The van der Waals surface area contributed by atoms with Gasteiger partial charge in [0.2, 0.25) is 5.91 Å². The molecule has 1 amide bonds. The number of hydrogen-bond donors (Lipinski definition) is 1. The zero-order chi connectivity index (χ0) is 13.3. The lowest BCUT2D eigenvalue weighted by Gasteiger charge is -2.39. The highest BCUT2D eigenvalue weighted by Gasteiger charge is 2.48. The number of hydrogen-bond acceptors (Lipinski definition) is 4. The minimum atomic E-state index is -0.939. The zero-order valence-electron chi connectivity index (χ0n) is 10.6. The topological polar surface area (TPSA) is 67.9 Å². The molecule has 2 rings (SSSR count). The first-order valence-corrected chi connectivity index (χ1v) is 6.01. The van der Waals surface area contributed by atoms with E-state index in [0.717, 1.165) is 5.57 Å². The molecular weight excluding hydrogens is 237 g/mol. The van der Waals surface area contributed by atoms with Crippen LogP contribution in [0.4, 0.5) is 4.39 Å². The molecule has 0 bridgehead atoms. The largest absolute Gasteiger partial charge is 0.472 e. The fraction of sp³-hybridized carbons (Fsp3) is 0.667. The van der Waals surface area contributed by atoms with Crippen LogP contribution < -0.4 is 5.73 Å². The first-order valence-electron chi connectivity index (χ1n) is 6.01. The second kappa shape index (κ2) is 4.96. The number of allylic oxidation sites excluding steroid dienone is 1. The molecular formula is C12H18FN3O2. The smallest absolute Gasteiger partial charge is 0.228 e. The Morgan fingerprint density at radius 3 is 2.67 bits per heavy atom. The van der Waals surface area contributed by atoms with E-state index in [9.17, 15) is 9.18 Å². The SMILES string of the molecule is CN=CC(C)=C(N)OC1CN(C(=O)[C@@H]2C[C@@H]2F)C1. The van der Waals surface area contributed by atoms with Gasteiger partial charge in [-0.1, -0.05) is 0 Å². The number of nitrogens with zero attached hydrogens (tertiary/aromatic N) is 2. The fourth-order valence-electron chi connectivity index (χ4n) is 1.88. The predicted octanol–water partition coefficient (Wildman–Crippen LogP) is 0.463. The van der Waals surface area contributed by atoms with E-state index in [0.29, 0.717) is 25.4 Å². The van der Waals surface area contributed by atoms with Crippen molar-refractivity contribution in [2.75, 3.05) is 20.1 Å².